The molecule has 1 aliphatic rings. The number of unbranched alkanes of at least 4 members (excludes halogenated alkanes) is 4. The third kappa shape index (κ3) is 30.4. The molecule has 1 rings (SSSR count). The molecule has 6 unspecified atom stereocenters. The summed E-state index contributed by atoms with van der Waals surface area (Å²) in [5.74, 6) is -2.20. The van der Waals surface area contributed by atoms with E-state index in [1.807, 2.05) is 18.2 Å². The Kier molecular flexibility index (Phi) is 32.6. The fraction of sp³-hybridized carbons (Fsp3) is 0.574. The molecule has 1 fully saturated rings. The fourth-order valence-electron chi connectivity index (χ4n) is 5.62. The van der Waals surface area contributed by atoms with Crippen molar-refractivity contribution in [3.63, 3.8) is 0 Å². The second-order valence-electron chi connectivity index (χ2n) is 14.3. The minimum atomic E-state index is -4.62. The highest BCUT2D eigenvalue weighted by molar-refractivity contribution is 7.85. The fourth-order valence-corrected chi connectivity index (χ4v) is 6.31. The Labute approximate surface area is 359 Å². The highest BCUT2D eigenvalue weighted by Gasteiger charge is 2.46. The number of hydrogen-bond donors (Lipinski definition) is 4. The zero-order chi connectivity index (χ0) is 44.1. The summed E-state index contributed by atoms with van der Waals surface area (Å²) >= 11 is 0. The topological polar surface area (TPSA) is 186 Å². The van der Waals surface area contributed by atoms with Crippen molar-refractivity contribution in [3.8, 4) is 0 Å². The van der Waals surface area contributed by atoms with Gasteiger partial charge in [0.15, 0.2) is 12.4 Å². The Morgan fingerprint density at radius 1 is 0.583 bits per heavy atom. The molecule has 0 amide bonds. The number of hydrogen-bond acceptors (Lipinski definition) is 11. The summed E-state index contributed by atoms with van der Waals surface area (Å²) in [6, 6.07) is 0. The lowest BCUT2D eigenvalue weighted by Gasteiger charge is -2.40. The van der Waals surface area contributed by atoms with Crippen molar-refractivity contribution in [2.75, 3.05) is 19.0 Å². The second kappa shape index (κ2) is 36.0. The van der Waals surface area contributed by atoms with Gasteiger partial charge in [0.1, 0.15) is 36.8 Å². The summed E-state index contributed by atoms with van der Waals surface area (Å²) in [6.45, 7) is 3.40. The van der Waals surface area contributed by atoms with E-state index in [9.17, 15) is 37.9 Å². The van der Waals surface area contributed by atoms with E-state index < -0.39 is 71.2 Å². The number of ether oxygens (including phenoxy) is 4. The van der Waals surface area contributed by atoms with Gasteiger partial charge in [-0.05, 0) is 77.0 Å². The van der Waals surface area contributed by atoms with Crippen LogP contribution < -0.4 is 0 Å². The molecular weight excluding hydrogens is 789 g/mol. The standard InChI is InChI=1S/C47H72O12S/c1-3-5-7-9-11-13-15-17-19-20-22-23-25-27-29-31-33-35-42(48)56-37-40(38-57-47-46(52)45(51)44(50)41(59-47)39-60(53,54)55)58-43(49)36-34-32-30-28-26-24-21-18-16-14-12-10-8-6-4-2/h5-8,11-14,17-19,21-23,26,28,32,34,40-41,44-47,50-52H,3-4,9-10,15-16,20,24-25,27,29-31,33,35-39H2,1-2H3,(H,53,54,55)/b7-5-,8-6-,13-11-,14-12-,19-17-,21-18-,23-22-,28-26-,34-32-. The predicted octanol–water partition coefficient (Wildman–Crippen LogP) is 8.44. The number of carbonyl (C=O) groups excluding carboxylic acids is 2. The van der Waals surface area contributed by atoms with Crippen LogP contribution in [-0.4, -0.2) is 96.0 Å². The van der Waals surface area contributed by atoms with Gasteiger partial charge in [0.2, 0.25) is 0 Å². The van der Waals surface area contributed by atoms with Crippen LogP contribution in [0.4, 0.5) is 0 Å². The highest BCUT2D eigenvalue weighted by Crippen LogP contribution is 2.23. The zero-order valence-corrected chi connectivity index (χ0v) is 36.6. The maximum absolute atomic E-state index is 12.7. The van der Waals surface area contributed by atoms with Crippen molar-refractivity contribution in [1.29, 1.82) is 0 Å². The molecule has 12 nitrogen and oxygen atoms in total. The van der Waals surface area contributed by atoms with E-state index in [0.717, 1.165) is 77.0 Å². The van der Waals surface area contributed by atoms with E-state index in [1.54, 1.807) is 6.08 Å². The molecule has 0 saturated carbocycles. The molecule has 6 atom stereocenters. The average Bonchev–Trinajstić information content (AvgIpc) is 3.21. The lowest BCUT2D eigenvalue weighted by Crippen LogP contribution is -2.60. The smallest absolute Gasteiger partial charge is 0.310 e. The van der Waals surface area contributed by atoms with Gasteiger partial charge >= 0.3 is 11.9 Å². The van der Waals surface area contributed by atoms with Crippen molar-refractivity contribution in [2.45, 2.75) is 153 Å². The normalized spacial score (nSPS) is 21.2. The third-order valence-electron chi connectivity index (χ3n) is 8.88. The van der Waals surface area contributed by atoms with Crippen LogP contribution in [0.25, 0.3) is 0 Å². The van der Waals surface area contributed by atoms with Crippen LogP contribution in [0.1, 0.15) is 117 Å². The van der Waals surface area contributed by atoms with Crippen molar-refractivity contribution in [3.05, 3.63) is 109 Å². The molecule has 60 heavy (non-hydrogen) atoms. The number of esters is 2. The number of allylic oxidation sites excluding steroid dienone is 17. The highest BCUT2D eigenvalue weighted by atomic mass is 32.2. The molecule has 0 aliphatic carbocycles. The van der Waals surface area contributed by atoms with Gasteiger partial charge in [-0.2, -0.15) is 8.42 Å². The molecule has 0 bridgehead atoms. The Hall–Kier alpha value is -3.69. The van der Waals surface area contributed by atoms with Crippen molar-refractivity contribution in [2.24, 2.45) is 0 Å². The Balaban J connectivity index is 2.56. The lowest BCUT2D eigenvalue weighted by molar-refractivity contribution is -0.297. The third-order valence-corrected chi connectivity index (χ3v) is 9.63. The van der Waals surface area contributed by atoms with Crippen LogP contribution in [0.2, 0.25) is 0 Å². The second-order valence-corrected chi connectivity index (χ2v) is 15.8. The van der Waals surface area contributed by atoms with Crippen molar-refractivity contribution in [1.82, 2.24) is 0 Å². The van der Waals surface area contributed by atoms with E-state index in [4.69, 9.17) is 18.9 Å². The predicted molar refractivity (Wildman–Crippen MR) is 237 cm³/mol. The van der Waals surface area contributed by atoms with Crippen molar-refractivity contribution < 1.29 is 56.8 Å². The number of rotatable bonds is 33. The average molecular weight is 861 g/mol. The van der Waals surface area contributed by atoms with Gasteiger partial charge in [-0.15, -0.1) is 0 Å². The molecule has 4 N–H and O–H groups in total. The number of carbonyl (C=O) groups is 2. The first-order chi connectivity index (χ1) is 29.0. The van der Waals surface area contributed by atoms with Crippen LogP contribution in [0.5, 0.6) is 0 Å². The summed E-state index contributed by atoms with van der Waals surface area (Å²) in [7, 11) is -4.62. The van der Waals surface area contributed by atoms with Crippen molar-refractivity contribution >= 4 is 22.1 Å². The zero-order valence-electron chi connectivity index (χ0n) is 35.8. The molecule has 338 valence electrons. The molecule has 13 heteroatoms. The molecule has 0 aromatic rings. The quantitative estimate of drug-likeness (QED) is 0.0214. The van der Waals surface area contributed by atoms with Crippen LogP contribution in [0.15, 0.2) is 109 Å². The molecule has 1 saturated heterocycles. The van der Waals surface area contributed by atoms with Crippen LogP contribution in [0.3, 0.4) is 0 Å². The summed E-state index contributed by atoms with van der Waals surface area (Å²) in [5.41, 5.74) is 0. The molecule has 1 heterocycles. The van der Waals surface area contributed by atoms with Gasteiger partial charge in [0.25, 0.3) is 10.1 Å². The molecular formula is C47H72O12S. The summed E-state index contributed by atoms with van der Waals surface area (Å²) in [5, 5.41) is 30.8. The minimum Gasteiger partial charge on any atom is -0.462 e. The van der Waals surface area contributed by atoms with Crippen LogP contribution >= 0.6 is 0 Å². The number of aliphatic hydroxyl groups excluding tert-OH is 3. The Morgan fingerprint density at radius 2 is 1.05 bits per heavy atom. The first-order valence-electron chi connectivity index (χ1n) is 21.4. The van der Waals surface area contributed by atoms with E-state index in [1.165, 1.54) is 0 Å². The van der Waals surface area contributed by atoms with Gasteiger partial charge in [-0.3, -0.25) is 14.1 Å². The van der Waals surface area contributed by atoms with E-state index in [2.05, 4.69) is 98.9 Å². The molecule has 0 spiro atoms. The first-order valence-corrected chi connectivity index (χ1v) is 23.1. The maximum atomic E-state index is 12.7. The van der Waals surface area contributed by atoms with Crippen LogP contribution in [0, 0.1) is 0 Å². The summed E-state index contributed by atoms with van der Waals surface area (Å²) in [4.78, 5) is 25.3. The van der Waals surface area contributed by atoms with Crippen LogP contribution in [-0.2, 0) is 38.7 Å². The molecule has 0 aromatic heterocycles. The van der Waals surface area contributed by atoms with Gasteiger partial charge < -0.3 is 34.3 Å². The summed E-state index contributed by atoms with van der Waals surface area (Å²) in [6.07, 6.45) is 40.2. The van der Waals surface area contributed by atoms with Gasteiger partial charge in [0.05, 0.1) is 13.0 Å². The van der Waals surface area contributed by atoms with E-state index in [0.29, 0.717) is 12.8 Å². The first kappa shape index (κ1) is 54.3. The Morgan fingerprint density at radius 3 is 1.55 bits per heavy atom. The minimum absolute atomic E-state index is 0.0806. The molecule has 1 aliphatic heterocycles. The van der Waals surface area contributed by atoms with Gasteiger partial charge in [0, 0.05) is 6.42 Å². The van der Waals surface area contributed by atoms with Gasteiger partial charge in [-0.1, -0.05) is 136 Å². The van der Waals surface area contributed by atoms with E-state index in [-0.39, 0.29) is 19.4 Å². The lowest BCUT2D eigenvalue weighted by atomic mass is 10.00. The number of aliphatic hydroxyl groups is 3. The SMILES string of the molecule is CC/C=C\C/C=C\C/C=C\C/C=C\C/C=C\CC(=O)OC(COC(=O)CCCCCC/C=C\C/C=C\C/C=C\C/C=C\CC)COC1OC(CS(=O)(=O)O)C(O)C(O)C1O. The maximum Gasteiger partial charge on any atom is 0.310 e. The molecule has 0 radical (unpaired) electrons. The molecule has 0 aromatic carbocycles. The summed E-state index contributed by atoms with van der Waals surface area (Å²) < 4.78 is 53.8. The largest absolute Gasteiger partial charge is 0.462 e. The van der Waals surface area contributed by atoms with Gasteiger partial charge in [-0.25, -0.2) is 0 Å². The monoisotopic (exact) mass is 860 g/mol. The van der Waals surface area contributed by atoms with E-state index >= 15 is 0 Å². The Bertz CT molecular complexity index is 1520.